The summed E-state index contributed by atoms with van der Waals surface area (Å²) < 4.78 is 5.27. The summed E-state index contributed by atoms with van der Waals surface area (Å²) in [6, 6.07) is 16.9. The molecule has 2 heterocycles. The van der Waals surface area contributed by atoms with E-state index in [0.717, 1.165) is 32.6 Å². The zero-order chi connectivity index (χ0) is 24.1. The number of carbonyl (C=O) groups excluding carboxylic acids is 2. The highest BCUT2D eigenvalue weighted by Gasteiger charge is 2.25. The van der Waals surface area contributed by atoms with Gasteiger partial charge in [0.25, 0.3) is 0 Å². The lowest BCUT2D eigenvalue weighted by atomic mass is 10.0. The van der Waals surface area contributed by atoms with Crippen molar-refractivity contribution in [1.29, 1.82) is 0 Å². The first-order valence-corrected chi connectivity index (χ1v) is 12.0. The summed E-state index contributed by atoms with van der Waals surface area (Å²) in [7, 11) is 0. The highest BCUT2D eigenvalue weighted by Crippen LogP contribution is 2.30. The summed E-state index contributed by atoms with van der Waals surface area (Å²) in [5.74, 6) is -0.151. The van der Waals surface area contributed by atoms with E-state index < -0.39 is 12.1 Å². The average molecular weight is 477 g/mol. The van der Waals surface area contributed by atoms with Gasteiger partial charge in [0, 0.05) is 34.0 Å². The number of hydrogen-bond acceptors (Lipinski definition) is 5. The standard InChI is InChI=1S/C26H28N4O3S/c1-16(2)15-33-26(32)28-22(13-19-14-27-21-12-8-7-11-20(19)21)24(31)30-25-29-23(17(3)34-25)18-9-5-4-6-10-18/h4-12,14,16,22,27H,13,15H2,1-3H3,(H,28,32)(H,29,30,31)/t22-/m1/s1. The minimum Gasteiger partial charge on any atom is -0.449 e. The van der Waals surface area contributed by atoms with Gasteiger partial charge < -0.3 is 20.4 Å². The van der Waals surface area contributed by atoms with Crippen LogP contribution in [0.15, 0.2) is 60.8 Å². The van der Waals surface area contributed by atoms with Crippen molar-refractivity contribution >= 4 is 39.4 Å². The third-order valence-electron chi connectivity index (χ3n) is 5.33. The smallest absolute Gasteiger partial charge is 0.407 e. The Hall–Kier alpha value is -3.65. The predicted molar refractivity (Wildman–Crippen MR) is 136 cm³/mol. The monoisotopic (exact) mass is 476 g/mol. The first-order chi connectivity index (χ1) is 16.4. The maximum absolute atomic E-state index is 13.3. The number of H-pyrrole nitrogens is 1. The maximum Gasteiger partial charge on any atom is 0.407 e. The quantitative estimate of drug-likeness (QED) is 0.311. The molecule has 4 aromatic rings. The molecule has 0 radical (unpaired) electrons. The number of nitrogens with zero attached hydrogens (tertiary/aromatic N) is 1. The zero-order valence-electron chi connectivity index (χ0n) is 19.4. The van der Waals surface area contributed by atoms with Crippen molar-refractivity contribution in [2.45, 2.75) is 33.2 Å². The summed E-state index contributed by atoms with van der Waals surface area (Å²) in [5.41, 5.74) is 3.73. The van der Waals surface area contributed by atoms with E-state index in [0.29, 0.717) is 11.6 Å². The number of aromatic nitrogens is 2. The molecule has 0 aliphatic heterocycles. The summed E-state index contributed by atoms with van der Waals surface area (Å²) >= 11 is 1.41. The molecule has 0 aliphatic carbocycles. The van der Waals surface area contributed by atoms with Gasteiger partial charge in [-0.25, -0.2) is 9.78 Å². The van der Waals surface area contributed by atoms with Crippen LogP contribution in [0.3, 0.4) is 0 Å². The molecule has 3 N–H and O–H groups in total. The van der Waals surface area contributed by atoms with Crippen molar-refractivity contribution in [2.75, 3.05) is 11.9 Å². The van der Waals surface area contributed by atoms with Crippen molar-refractivity contribution in [3.63, 3.8) is 0 Å². The number of aromatic amines is 1. The van der Waals surface area contributed by atoms with E-state index in [-0.39, 0.29) is 18.4 Å². The van der Waals surface area contributed by atoms with Crippen molar-refractivity contribution in [3.05, 3.63) is 71.2 Å². The molecule has 0 spiro atoms. The largest absolute Gasteiger partial charge is 0.449 e. The topological polar surface area (TPSA) is 96.1 Å². The Bertz CT molecular complexity index is 1280. The van der Waals surface area contributed by atoms with E-state index in [1.54, 1.807) is 0 Å². The molecule has 0 saturated heterocycles. The molecule has 2 amide bonds. The Labute approximate surface area is 202 Å². The maximum atomic E-state index is 13.3. The summed E-state index contributed by atoms with van der Waals surface area (Å²) in [6.07, 6.45) is 1.56. The Morgan fingerprint density at radius 3 is 2.59 bits per heavy atom. The summed E-state index contributed by atoms with van der Waals surface area (Å²) in [4.78, 5) is 34.5. The van der Waals surface area contributed by atoms with Crippen LogP contribution in [-0.2, 0) is 16.0 Å². The molecule has 2 aromatic carbocycles. The van der Waals surface area contributed by atoms with Crippen LogP contribution in [0.2, 0.25) is 0 Å². The Kier molecular flexibility index (Phi) is 7.27. The normalized spacial score (nSPS) is 12.0. The van der Waals surface area contributed by atoms with E-state index in [2.05, 4.69) is 20.6 Å². The van der Waals surface area contributed by atoms with E-state index >= 15 is 0 Å². The number of nitrogens with one attached hydrogen (secondary N) is 3. The van der Waals surface area contributed by atoms with Crippen LogP contribution in [-0.4, -0.2) is 34.6 Å². The molecule has 4 rings (SSSR count). The minimum atomic E-state index is -0.830. The van der Waals surface area contributed by atoms with Gasteiger partial charge in [0.05, 0.1) is 12.3 Å². The number of aryl methyl sites for hydroxylation is 1. The average Bonchev–Trinajstić information content (AvgIpc) is 3.40. The minimum absolute atomic E-state index is 0.196. The van der Waals surface area contributed by atoms with Crippen LogP contribution in [0.25, 0.3) is 22.2 Å². The highest BCUT2D eigenvalue weighted by atomic mass is 32.1. The number of hydrogen-bond donors (Lipinski definition) is 3. The number of rotatable bonds is 8. The fourth-order valence-corrected chi connectivity index (χ4v) is 4.50. The van der Waals surface area contributed by atoms with Crippen LogP contribution in [0.4, 0.5) is 9.93 Å². The van der Waals surface area contributed by atoms with E-state index in [1.807, 2.05) is 81.6 Å². The number of amides is 2. The van der Waals surface area contributed by atoms with Gasteiger partial charge in [0.2, 0.25) is 5.91 Å². The third-order valence-corrected chi connectivity index (χ3v) is 6.22. The molecule has 0 saturated carbocycles. The Morgan fingerprint density at radius 2 is 1.82 bits per heavy atom. The predicted octanol–water partition coefficient (Wildman–Crippen LogP) is 5.53. The second-order valence-electron chi connectivity index (χ2n) is 8.53. The van der Waals surface area contributed by atoms with Crippen LogP contribution < -0.4 is 10.6 Å². The molecule has 0 bridgehead atoms. The molecule has 8 heteroatoms. The lowest BCUT2D eigenvalue weighted by Crippen LogP contribution is -2.45. The van der Waals surface area contributed by atoms with Crippen LogP contribution in [0.1, 0.15) is 24.3 Å². The van der Waals surface area contributed by atoms with Crippen molar-refractivity contribution in [2.24, 2.45) is 5.92 Å². The molecule has 0 unspecified atom stereocenters. The van der Waals surface area contributed by atoms with Gasteiger partial charge in [0.1, 0.15) is 6.04 Å². The molecular formula is C26H28N4O3S. The fraction of sp³-hybridized carbons (Fsp3) is 0.269. The van der Waals surface area contributed by atoms with Gasteiger partial charge in [0.15, 0.2) is 5.13 Å². The van der Waals surface area contributed by atoms with Gasteiger partial charge in [-0.1, -0.05) is 62.4 Å². The number of thiazole rings is 1. The molecule has 0 fully saturated rings. The fourth-order valence-electron chi connectivity index (χ4n) is 3.66. The second kappa shape index (κ2) is 10.5. The number of carbonyl (C=O) groups is 2. The number of alkyl carbamates (subject to hydrolysis) is 1. The lowest BCUT2D eigenvalue weighted by Gasteiger charge is -2.18. The van der Waals surface area contributed by atoms with Gasteiger partial charge >= 0.3 is 6.09 Å². The molecule has 34 heavy (non-hydrogen) atoms. The van der Waals surface area contributed by atoms with Crippen LogP contribution in [0, 0.1) is 12.8 Å². The zero-order valence-corrected chi connectivity index (χ0v) is 20.2. The third kappa shape index (κ3) is 5.63. The van der Waals surface area contributed by atoms with Crippen molar-refractivity contribution in [3.8, 4) is 11.3 Å². The van der Waals surface area contributed by atoms with E-state index in [1.165, 1.54) is 11.3 Å². The van der Waals surface area contributed by atoms with E-state index in [4.69, 9.17) is 4.74 Å². The summed E-state index contributed by atoms with van der Waals surface area (Å²) in [6.45, 7) is 6.16. The van der Waals surface area contributed by atoms with Gasteiger partial charge in [-0.05, 0) is 24.5 Å². The second-order valence-corrected chi connectivity index (χ2v) is 9.74. The van der Waals surface area contributed by atoms with Crippen molar-refractivity contribution < 1.29 is 14.3 Å². The number of para-hydroxylation sites is 1. The molecule has 2 aromatic heterocycles. The van der Waals surface area contributed by atoms with Crippen LogP contribution >= 0.6 is 11.3 Å². The van der Waals surface area contributed by atoms with E-state index in [9.17, 15) is 9.59 Å². The Balaban J connectivity index is 1.54. The molecule has 1 atom stereocenters. The lowest BCUT2D eigenvalue weighted by molar-refractivity contribution is -0.118. The van der Waals surface area contributed by atoms with Gasteiger partial charge in [-0.15, -0.1) is 11.3 Å². The number of ether oxygens (including phenoxy) is 1. The first kappa shape index (κ1) is 23.5. The molecular weight excluding hydrogens is 448 g/mol. The van der Waals surface area contributed by atoms with Gasteiger partial charge in [-0.2, -0.15) is 0 Å². The molecule has 7 nitrogen and oxygen atoms in total. The molecule has 0 aliphatic rings. The SMILES string of the molecule is Cc1sc(NC(=O)[C@@H](Cc2c[nH]c3ccccc23)NC(=O)OCC(C)C)nc1-c1ccccc1. The molecule has 176 valence electrons. The van der Waals surface area contributed by atoms with Crippen molar-refractivity contribution in [1.82, 2.24) is 15.3 Å². The number of fused-ring (bicyclic) bond motifs is 1. The number of anilines is 1. The number of benzene rings is 2. The summed E-state index contributed by atoms with van der Waals surface area (Å²) in [5, 5.41) is 7.13. The van der Waals surface area contributed by atoms with Gasteiger partial charge in [-0.3, -0.25) is 4.79 Å². The Morgan fingerprint density at radius 1 is 1.09 bits per heavy atom. The van der Waals surface area contributed by atoms with Crippen LogP contribution in [0.5, 0.6) is 0 Å². The first-order valence-electron chi connectivity index (χ1n) is 11.2. The highest BCUT2D eigenvalue weighted by molar-refractivity contribution is 7.16.